The van der Waals surface area contributed by atoms with E-state index in [4.69, 9.17) is 0 Å². The first-order valence-corrected chi connectivity index (χ1v) is 10.2. The molecule has 0 bridgehead atoms. The lowest BCUT2D eigenvalue weighted by Crippen LogP contribution is -2.41. The smallest absolute Gasteiger partial charge is 0.191 e. The number of nitrogens with one attached hydrogen (secondary N) is 2. The standard InChI is InChI=1S/C20H33N7/c1-4-21-20(22-9-7-10-26-14-16(2)12-17(3)15-26)23-13-19-25-24-18-8-5-6-11-27(18)19/h5-6,8,11,16-17H,4,7,9-10,12-15H2,1-3H3,(H2,21,22,23). The monoisotopic (exact) mass is 371 g/mol. The molecule has 3 heterocycles. The highest BCUT2D eigenvalue weighted by Gasteiger charge is 2.20. The Kier molecular flexibility index (Phi) is 7.04. The summed E-state index contributed by atoms with van der Waals surface area (Å²) in [6.45, 7) is 12.7. The van der Waals surface area contributed by atoms with Crippen molar-refractivity contribution in [2.24, 2.45) is 16.8 Å². The summed E-state index contributed by atoms with van der Waals surface area (Å²) in [6, 6.07) is 5.90. The van der Waals surface area contributed by atoms with E-state index in [1.165, 1.54) is 19.5 Å². The zero-order valence-electron chi connectivity index (χ0n) is 16.9. The molecule has 0 aliphatic carbocycles. The highest BCUT2D eigenvalue weighted by molar-refractivity contribution is 5.79. The minimum Gasteiger partial charge on any atom is -0.357 e. The minimum absolute atomic E-state index is 0.502. The molecule has 3 rings (SSSR count). The fraction of sp³-hybridized carbons (Fsp3) is 0.650. The molecule has 0 spiro atoms. The van der Waals surface area contributed by atoms with Crippen molar-refractivity contribution in [3.8, 4) is 0 Å². The van der Waals surface area contributed by atoms with Crippen molar-refractivity contribution < 1.29 is 0 Å². The van der Waals surface area contributed by atoms with Crippen LogP contribution in [0.4, 0.5) is 0 Å². The van der Waals surface area contributed by atoms with Crippen LogP contribution in [0.25, 0.3) is 5.65 Å². The highest BCUT2D eigenvalue weighted by Crippen LogP contribution is 2.20. The molecule has 7 nitrogen and oxygen atoms in total. The van der Waals surface area contributed by atoms with E-state index < -0.39 is 0 Å². The molecule has 1 saturated heterocycles. The van der Waals surface area contributed by atoms with E-state index >= 15 is 0 Å². The summed E-state index contributed by atoms with van der Waals surface area (Å²) >= 11 is 0. The van der Waals surface area contributed by atoms with Crippen molar-refractivity contribution >= 4 is 11.6 Å². The highest BCUT2D eigenvalue weighted by atomic mass is 15.3. The summed E-state index contributed by atoms with van der Waals surface area (Å²) < 4.78 is 1.98. The summed E-state index contributed by atoms with van der Waals surface area (Å²) in [5.74, 6) is 3.32. The van der Waals surface area contributed by atoms with Crippen LogP contribution in [0.3, 0.4) is 0 Å². The molecule has 0 amide bonds. The molecule has 1 aliphatic heterocycles. The topological polar surface area (TPSA) is 69.8 Å². The molecule has 1 fully saturated rings. The van der Waals surface area contributed by atoms with Gasteiger partial charge in [0.15, 0.2) is 17.4 Å². The first-order valence-electron chi connectivity index (χ1n) is 10.2. The van der Waals surface area contributed by atoms with Crippen LogP contribution in [-0.4, -0.2) is 58.2 Å². The SMILES string of the molecule is CCNC(=NCc1nnc2ccccn12)NCCCN1CC(C)CC(C)C1. The van der Waals surface area contributed by atoms with E-state index in [1.807, 2.05) is 28.8 Å². The predicted octanol–water partition coefficient (Wildman–Crippen LogP) is 2.15. The average molecular weight is 372 g/mol. The van der Waals surface area contributed by atoms with Crippen LogP contribution >= 0.6 is 0 Å². The summed E-state index contributed by atoms with van der Waals surface area (Å²) in [5.41, 5.74) is 0.852. The van der Waals surface area contributed by atoms with Crippen LogP contribution in [0.5, 0.6) is 0 Å². The third kappa shape index (κ3) is 5.66. The summed E-state index contributed by atoms with van der Waals surface area (Å²) in [6.07, 6.45) is 4.46. The zero-order chi connectivity index (χ0) is 19.1. The molecule has 7 heteroatoms. The predicted molar refractivity (Wildman–Crippen MR) is 110 cm³/mol. The van der Waals surface area contributed by atoms with Gasteiger partial charge in [0.05, 0.1) is 0 Å². The molecule has 27 heavy (non-hydrogen) atoms. The molecular weight excluding hydrogens is 338 g/mol. The van der Waals surface area contributed by atoms with E-state index in [9.17, 15) is 0 Å². The van der Waals surface area contributed by atoms with Gasteiger partial charge in [0.25, 0.3) is 0 Å². The van der Waals surface area contributed by atoms with E-state index in [-0.39, 0.29) is 0 Å². The second kappa shape index (κ2) is 9.69. The van der Waals surface area contributed by atoms with E-state index in [0.717, 1.165) is 55.3 Å². The molecule has 1 aliphatic rings. The van der Waals surface area contributed by atoms with E-state index in [0.29, 0.717) is 6.54 Å². The second-order valence-corrected chi connectivity index (χ2v) is 7.73. The van der Waals surface area contributed by atoms with Crippen molar-refractivity contribution in [1.82, 2.24) is 30.1 Å². The van der Waals surface area contributed by atoms with Gasteiger partial charge in [-0.3, -0.25) is 4.40 Å². The maximum absolute atomic E-state index is 4.67. The Bertz CT molecular complexity index is 729. The van der Waals surface area contributed by atoms with E-state index in [1.54, 1.807) is 0 Å². The van der Waals surface area contributed by atoms with Crippen LogP contribution in [0.2, 0.25) is 0 Å². The quantitative estimate of drug-likeness (QED) is 0.443. The number of fused-ring (bicyclic) bond motifs is 1. The number of nitrogens with zero attached hydrogens (tertiary/aromatic N) is 5. The lowest BCUT2D eigenvalue weighted by molar-refractivity contribution is 0.140. The lowest BCUT2D eigenvalue weighted by Gasteiger charge is -2.35. The molecule has 0 aromatic carbocycles. The normalized spacial score (nSPS) is 21.5. The van der Waals surface area contributed by atoms with Crippen LogP contribution in [0.15, 0.2) is 29.4 Å². The van der Waals surface area contributed by atoms with E-state index in [2.05, 4.69) is 51.5 Å². The molecular formula is C20H33N7. The van der Waals surface area contributed by atoms with Gasteiger partial charge in [0.1, 0.15) is 6.54 Å². The van der Waals surface area contributed by atoms with Gasteiger partial charge >= 0.3 is 0 Å². The minimum atomic E-state index is 0.502. The second-order valence-electron chi connectivity index (χ2n) is 7.73. The third-order valence-electron chi connectivity index (χ3n) is 5.00. The number of likely N-dealkylation sites (tertiary alicyclic amines) is 1. The first-order chi connectivity index (χ1) is 13.2. The van der Waals surface area contributed by atoms with Crippen LogP contribution < -0.4 is 10.6 Å². The van der Waals surface area contributed by atoms with Crippen molar-refractivity contribution in [2.45, 2.75) is 40.2 Å². The number of hydrogen-bond acceptors (Lipinski definition) is 4. The van der Waals surface area contributed by atoms with Crippen molar-refractivity contribution in [3.63, 3.8) is 0 Å². The molecule has 2 aromatic heterocycles. The number of aliphatic imine (C=N–C) groups is 1. The maximum atomic E-state index is 4.67. The van der Waals surface area contributed by atoms with Crippen LogP contribution in [0, 0.1) is 11.8 Å². The Morgan fingerprint density at radius 2 is 2.00 bits per heavy atom. The van der Waals surface area contributed by atoms with Crippen molar-refractivity contribution in [2.75, 3.05) is 32.7 Å². The Hall–Kier alpha value is -2.15. The van der Waals surface area contributed by atoms with Gasteiger partial charge in [-0.2, -0.15) is 0 Å². The maximum Gasteiger partial charge on any atom is 0.191 e. The number of guanidine groups is 1. The largest absolute Gasteiger partial charge is 0.357 e. The summed E-state index contributed by atoms with van der Waals surface area (Å²) in [7, 11) is 0. The Balaban J connectivity index is 1.48. The number of rotatable bonds is 7. The van der Waals surface area contributed by atoms with Crippen LogP contribution in [0.1, 0.15) is 39.4 Å². The summed E-state index contributed by atoms with van der Waals surface area (Å²) in [4.78, 5) is 7.28. The van der Waals surface area contributed by atoms with Crippen molar-refractivity contribution in [1.29, 1.82) is 0 Å². The molecule has 2 N–H and O–H groups in total. The van der Waals surface area contributed by atoms with Gasteiger partial charge in [-0.25, -0.2) is 4.99 Å². The third-order valence-corrected chi connectivity index (χ3v) is 5.00. The number of piperidine rings is 1. The Morgan fingerprint density at radius 3 is 2.78 bits per heavy atom. The Morgan fingerprint density at radius 1 is 1.19 bits per heavy atom. The molecule has 2 unspecified atom stereocenters. The number of aromatic nitrogens is 3. The number of pyridine rings is 1. The fourth-order valence-corrected chi connectivity index (χ4v) is 3.97. The van der Waals surface area contributed by atoms with Crippen LogP contribution in [-0.2, 0) is 6.54 Å². The van der Waals surface area contributed by atoms with Gasteiger partial charge in [-0.15, -0.1) is 10.2 Å². The molecule has 148 valence electrons. The van der Waals surface area contributed by atoms with Gasteiger partial charge in [-0.05, 0) is 50.3 Å². The average Bonchev–Trinajstić information content (AvgIpc) is 3.05. The molecule has 0 radical (unpaired) electrons. The van der Waals surface area contributed by atoms with Gasteiger partial charge in [0, 0.05) is 32.4 Å². The first kappa shape index (κ1) is 19.6. The van der Waals surface area contributed by atoms with Gasteiger partial charge < -0.3 is 15.5 Å². The van der Waals surface area contributed by atoms with Gasteiger partial charge in [0.2, 0.25) is 0 Å². The molecule has 0 saturated carbocycles. The zero-order valence-corrected chi connectivity index (χ0v) is 16.9. The molecule has 2 atom stereocenters. The fourth-order valence-electron chi connectivity index (χ4n) is 3.97. The van der Waals surface area contributed by atoms with Gasteiger partial charge in [-0.1, -0.05) is 19.9 Å². The number of hydrogen-bond donors (Lipinski definition) is 2. The summed E-state index contributed by atoms with van der Waals surface area (Å²) in [5, 5.41) is 15.2. The Labute approximate surface area is 162 Å². The lowest BCUT2D eigenvalue weighted by atomic mass is 9.92. The van der Waals surface area contributed by atoms with Crippen molar-refractivity contribution in [3.05, 3.63) is 30.2 Å². The molecule has 2 aromatic rings.